The Morgan fingerprint density at radius 2 is 2.32 bits per heavy atom. The Morgan fingerprint density at radius 3 is 3.21 bits per heavy atom. The van der Waals surface area contributed by atoms with Crippen molar-refractivity contribution in [2.24, 2.45) is 5.92 Å². The van der Waals surface area contributed by atoms with Crippen molar-refractivity contribution in [2.45, 2.75) is 19.4 Å². The van der Waals surface area contributed by atoms with Gasteiger partial charge in [-0.15, -0.1) is 0 Å². The molecule has 3 rings (SSSR count). The SMILES string of the molecule is N#CC1CCCN(Cc2ccc3ncccc3c2)C1. The molecule has 3 heteroatoms. The van der Waals surface area contributed by atoms with Gasteiger partial charge in [-0.05, 0) is 43.1 Å². The van der Waals surface area contributed by atoms with Crippen LogP contribution in [0.25, 0.3) is 10.9 Å². The van der Waals surface area contributed by atoms with Crippen molar-refractivity contribution >= 4 is 10.9 Å². The fourth-order valence-electron chi connectivity index (χ4n) is 2.79. The van der Waals surface area contributed by atoms with Gasteiger partial charge in [-0.3, -0.25) is 9.88 Å². The quantitative estimate of drug-likeness (QED) is 0.823. The molecule has 1 aliphatic rings. The Bertz CT molecular complexity index is 615. The van der Waals surface area contributed by atoms with Crippen molar-refractivity contribution in [3.05, 3.63) is 42.1 Å². The largest absolute Gasteiger partial charge is 0.298 e. The highest BCUT2D eigenvalue weighted by molar-refractivity contribution is 5.78. The van der Waals surface area contributed by atoms with Gasteiger partial charge in [0.1, 0.15) is 0 Å². The van der Waals surface area contributed by atoms with Gasteiger partial charge in [-0.25, -0.2) is 0 Å². The monoisotopic (exact) mass is 251 g/mol. The second kappa shape index (κ2) is 5.38. The number of hydrogen-bond acceptors (Lipinski definition) is 3. The zero-order valence-electron chi connectivity index (χ0n) is 10.9. The first-order valence-corrected chi connectivity index (χ1v) is 6.81. The fourth-order valence-corrected chi connectivity index (χ4v) is 2.79. The van der Waals surface area contributed by atoms with Crippen molar-refractivity contribution < 1.29 is 0 Å². The number of benzene rings is 1. The van der Waals surface area contributed by atoms with Gasteiger partial charge in [0.25, 0.3) is 0 Å². The third-order valence-corrected chi connectivity index (χ3v) is 3.76. The lowest BCUT2D eigenvalue weighted by Gasteiger charge is -2.29. The van der Waals surface area contributed by atoms with E-state index in [1.165, 1.54) is 10.9 Å². The highest BCUT2D eigenvalue weighted by atomic mass is 15.1. The van der Waals surface area contributed by atoms with Crippen LogP contribution in [0.2, 0.25) is 0 Å². The molecule has 1 saturated heterocycles. The van der Waals surface area contributed by atoms with Gasteiger partial charge in [-0.1, -0.05) is 12.1 Å². The highest BCUT2D eigenvalue weighted by Gasteiger charge is 2.19. The lowest BCUT2D eigenvalue weighted by atomic mass is 9.99. The molecule has 2 aromatic rings. The molecule has 1 unspecified atom stereocenters. The van der Waals surface area contributed by atoms with E-state index in [1.807, 2.05) is 12.3 Å². The maximum absolute atomic E-state index is 9.03. The Kier molecular flexibility index (Phi) is 3.43. The van der Waals surface area contributed by atoms with E-state index in [0.29, 0.717) is 0 Å². The molecule has 1 aliphatic heterocycles. The number of hydrogen-bond donors (Lipinski definition) is 0. The summed E-state index contributed by atoms with van der Waals surface area (Å²) in [6.07, 6.45) is 4.01. The van der Waals surface area contributed by atoms with Crippen LogP contribution in [0, 0.1) is 17.2 Å². The predicted molar refractivity (Wildman–Crippen MR) is 75.4 cm³/mol. The fraction of sp³-hybridized carbons (Fsp3) is 0.375. The molecule has 1 atom stereocenters. The molecule has 0 saturated carbocycles. The number of pyridine rings is 1. The van der Waals surface area contributed by atoms with Crippen LogP contribution < -0.4 is 0 Å². The molecule has 1 aromatic heterocycles. The molecule has 1 fully saturated rings. The number of piperidine rings is 1. The van der Waals surface area contributed by atoms with E-state index >= 15 is 0 Å². The molecule has 96 valence electrons. The average Bonchev–Trinajstić information content (AvgIpc) is 2.47. The van der Waals surface area contributed by atoms with Crippen LogP contribution in [-0.4, -0.2) is 23.0 Å². The van der Waals surface area contributed by atoms with E-state index < -0.39 is 0 Å². The average molecular weight is 251 g/mol. The summed E-state index contributed by atoms with van der Waals surface area (Å²) < 4.78 is 0. The summed E-state index contributed by atoms with van der Waals surface area (Å²) in [7, 11) is 0. The normalized spacial score (nSPS) is 20.3. The second-order valence-electron chi connectivity index (χ2n) is 5.23. The van der Waals surface area contributed by atoms with Crippen LogP contribution in [0.15, 0.2) is 36.5 Å². The van der Waals surface area contributed by atoms with Crippen LogP contribution in [0.4, 0.5) is 0 Å². The molecule has 0 bridgehead atoms. The zero-order valence-corrected chi connectivity index (χ0v) is 10.9. The Balaban J connectivity index is 1.76. The molecular formula is C16H17N3. The van der Waals surface area contributed by atoms with Crippen molar-refractivity contribution in [1.29, 1.82) is 5.26 Å². The van der Waals surface area contributed by atoms with E-state index in [0.717, 1.165) is 38.0 Å². The van der Waals surface area contributed by atoms with E-state index in [4.69, 9.17) is 5.26 Å². The lowest BCUT2D eigenvalue weighted by Crippen LogP contribution is -2.34. The van der Waals surface area contributed by atoms with Gasteiger partial charge in [0.15, 0.2) is 0 Å². The van der Waals surface area contributed by atoms with Crippen molar-refractivity contribution in [3.8, 4) is 6.07 Å². The minimum Gasteiger partial charge on any atom is -0.298 e. The first-order valence-electron chi connectivity index (χ1n) is 6.81. The van der Waals surface area contributed by atoms with E-state index in [2.05, 4.69) is 40.2 Å². The molecule has 0 amide bonds. The number of nitriles is 1. The molecule has 0 N–H and O–H groups in total. The van der Waals surface area contributed by atoms with Gasteiger partial charge in [-0.2, -0.15) is 5.26 Å². The number of likely N-dealkylation sites (tertiary alicyclic amines) is 1. The topological polar surface area (TPSA) is 39.9 Å². The first kappa shape index (κ1) is 12.1. The summed E-state index contributed by atoms with van der Waals surface area (Å²) in [6, 6.07) is 12.9. The Hall–Kier alpha value is -1.92. The predicted octanol–water partition coefficient (Wildman–Crippen LogP) is 2.97. The van der Waals surface area contributed by atoms with Crippen LogP contribution in [0.3, 0.4) is 0 Å². The molecular weight excluding hydrogens is 234 g/mol. The third kappa shape index (κ3) is 2.74. The number of nitrogens with zero attached hydrogens (tertiary/aromatic N) is 3. The summed E-state index contributed by atoms with van der Waals surface area (Å²) in [6.45, 7) is 2.94. The van der Waals surface area contributed by atoms with Crippen LogP contribution in [0.1, 0.15) is 18.4 Å². The summed E-state index contributed by atoms with van der Waals surface area (Å²) >= 11 is 0. The molecule has 0 radical (unpaired) electrons. The number of aromatic nitrogens is 1. The summed E-state index contributed by atoms with van der Waals surface area (Å²) in [4.78, 5) is 6.72. The van der Waals surface area contributed by atoms with E-state index in [9.17, 15) is 0 Å². The zero-order chi connectivity index (χ0) is 13.1. The number of fused-ring (bicyclic) bond motifs is 1. The maximum Gasteiger partial charge on any atom is 0.0702 e. The maximum atomic E-state index is 9.03. The molecule has 0 spiro atoms. The molecule has 0 aliphatic carbocycles. The number of rotatable bonds is 2. The van der Waals surface area contributed by atoms with E-state index in [1.54, 1.807) is 0 Å². The molecule has 2 heterocycles. The lowest BCUT2D eigenvalue weighted by molar-refractivity contribution is 0.192. The van der Waals surface area contributed by atoms with Crippen molar-refractivity contribution in [2.75, 3.05) is 13.1 Å². The Morgan fingerprint density at radius 1 is 1.37 bits per heavy atom. The summed E-state index contributed by atoms with van der Waals surface area (Å²) in [5.74, 6) is 0.205. The molecule has 3 nitrogen and oxygen atoms in total. The van der Waals surface area contributed by atoms with Gasteiger partial charge in [0, 0.05) is 24.7 Å². The highest BCUT2D eigenvalue weighted by Crippen LogP contribution is 2.19. The van der Waals surface area contributed by atoms with Crippen LogP contribution in [-0.2, 0) is 6.54 Å². The van der Waals surface area contributed by atoms with Gasteiger partial charge in [0.2, 0.25) is 0 Å². The summed E-state index contributed by atoms with van der Waals surface area (Å²) in [5, 5.41) is 10.2. The molecule has 19 heavy (non-hydrogen) atoms. The van der Waals surface area contributed by atoms with Gasteiger partial charge < -0.3 is 0 Å². The van der Waals surface area contributed by atoms with Crippen molar-refractivity contribution in [1.82, 2.24) is 9.88 Å². The second-order valence-corrected chi connectivity index (χ2v) is 5.23. The van der Waals surface area contributed by atoms with Crippen LogP contribution in [0.5, 0.6) is 0 Å². The standard InChI is InChI=1S/C16H17N3/c17-10-14-3-2-8-19(12-14)11-13-5-6-16-15(9-13)4-1-7-18-16/h1,4-7,9,14H,2-3,8,11-12H2. The van der Waals surface area contributed by atoms with E-state index in [-0.39, 0.29) is 5.92 Å². The summed E-state index contributed by atoms with van der Waals surface area (Å²) in [5.41, 5.74) is 2.35. The van der Waals surface area contributed by atoms with Crippen molar-refractivity contribution in [3.63, 3.8) is 0 Å². The third-order valence-electron chi connectivity index (χ3n) is 3.76. The minimum atomic E-state index is 0.205. The van der Waals surface area contributed by atoms with Gasteiger partial charge in [0.05, 0.1) is 17.5 Å². The smallest absolute Gasteiger partial charge is 0.0702 e. The minimum absolute atomic E-state index is 0.205. The Labute approximate surface area is 113 Å². The first-order chi connectivity index (χ1) is 9.35. The van der Waals surface area contributed by atoms with Gasteiger partial charge >= 0.3 is 0 Å². The van der Waals surface area contributed by atoms with Crippen LogP contribution >= 0.6 is 0 Å². The molecule has 1 aromatic carbocycles.